The first-order valence-corrected chi connectivity index (χ1v) is 10.8. The topological polar surface area (TPSA) is 91.2 Å². The average Bonchev–Trinajstić information content (AvgIpc) is 3.27. The third-order valence-electron chi connectivity index (χ3n) is 5.37. The molecular formula is C25H22F3N5O3. The summed E-state index contributed by atoms with van der Waals surface area (Å²) >= 11 is 0. The smallest absolute Gasteiger partial charge is 0.417 e. The number of rotatable bonds is 8. The maximum Gasteiger partial charge on any atom is 0.417 e. The van der Waals surface area contributed by atoms with Crippen molar-refractivity contribution in [2.75, 3.05) is 7.11 Å². The van der Waals surface area contributed by atoms with Crippen LogP contribution in [0.4, 0.5) is 13.2 Å². The number of hydrogen-bond acceptors (Lipinski definition) is 6. The Bertz CT molecular complexity index is 1340. The first kappa shape index (κ1) is 24.7. The lowest BCUT2D eigenvalue weighted by Gasteiger charge is -2.13. The normalized spacial score (nSPS) is 11.2. The Hall–Kier alpha value is -4.41. The number of aromatic nitrogens is 4. The Morgan fingerprint density at radius 1 is 1.03 bits per heavy atom. The van der Waals surface area contributed by atoms with Gasteiger partial charge in [0.1, 0.15) is 6.61 Å². The fourth-order valence-corrected chi connectivity index (χ4v) is 3.40. The molecule has 11 heteroatoms. The summed E-state index contributed by atoms with van der Waals surface area (Å²) in [7, 11) is 1.53. The van der Waals surface area contributed by atoms with E-state index in [1.165, 1.54) is 24.1 Å². The van der Waals surface area contributed by atoms with Gasteiger partial charge in [0.05, 0.1) is 30.1 Å². The van der Waals surface area contributed by atoms with Crippen molar-refractivity contribution in [1.82, 2.24) is 25.1 Å². The van der Waals surface area contributed by atoms with E-state index in [4.69, 9.17) is 9.47 Å². The first-order valence-electron chi connectivity index (χ1n) is 10.8. The van der Waals surface area contributed by atoms with Crippen LogP contribution < -0.4 is 14.8 Å². The van der Waals surface area contributed by atoms with E-state index in [1.807, 2.05) is 18.2 Å². The highest BCUT2D eigenvalue weighted by Crippen LogP contribution is 2.30. The molecule has 0 saturated carbocycles. The second-order valence-electron chi connectivity index (χ2n) is 7.77. The molecule has 186 valence electrons. The molecule has 1 N–H and O–H groups in total. The van der Waals surface area contributed by atoms with Crippen molar-refractivity contribution in [3.05, 3.63) is 95.2 Å². The van der Waals surface area contributed by atoms with Crippen molar-refractivity contribution in [1.29, 1.82) is 0 Å². The fraction of sp³-hybridized carbons (Fsp3) is 0.200. The third kappa shape index (κ3) is 5.62. The lowest BCUT2D eigenvalue weighted by molar-refractivity contribution is -0.137. The molecule has 0 unspecified atom stereocenters. The van der Waals surface area contributed by atoms with Crippen LogP contribution in [-0.4, -0.2) is 32.8 Å². The van der Waals surface area contributed by atoms with Gasteiger partial charge in [0.15, 0.2) is 17.3 Å². The van der Waals surface area contributed by atoms with Gasteiger partial charge in [-0.2, -0.15) is 18.3 Å². The van der Waals surface area contributed by atoms with Gasteiger partial charge in [-0.05, 0) is 54.4 Å². The van der Waals surface area contributed by atoms with E-state index in [0.29, 0.717) is 23.8 Å². The molecule has 0 fully saturated rings. The van der Waals surface area contributed by atoms with E-state index in [9.17, 15) is 18.0 Å². The van der Waals surface area contributed by atoms with Crippen molar-refractivity contribution in [3.8, 4) is 17.3 Å². The Kier molecular flexibility index (Phi) is 7.18. The highest BCUT2D eigenvalue weighted by molar-refractivity contribution is 5.95. The molecule has 0 aliphatic rings. The van der Waals surface area contributed by atoms with Gasteiger partial charge in [0.2, 0.25) is 0 Å². The molecule has 0 spiro atoms. The summed E-state index contributed by atoms with van der Waals surface area (Å²) in [5, 5.41) is 6.92. The minimum atomic E-state index is -4.48. The summed E-state index contributed by atoms with van der Waals surface area (Å²) in [6.45, 7) is 2.20. The number of nitrogens with zero attached hydrogens (tertiary/aromatic N) is 4. The molecule has 0 atom stereocenters. The second kappa shape index (κ2) is 10.5. The van der Waals surface area contributed by atoms with Crippen molar-refractivity contribution >= 4 is 5.91 Å². The van der Waals surface area contributed by atoms with Crippen LogP contribution in [0, 0.1) is 6.92 Å². The molecule has 0 aliphatic carbocycles. The number of ether oxygens (including phenoxy) is 2. The van der Waals surface area contributed by atoms with Gasteiger partial charge in [0, 0.05) is 25.1 Å². The zero-order chi connectivity index (χ0) is 25.7. The Morgan fingerprint density at radius 3 is 2.47 bits per heavy atom. The van der Waals surface area contributed by atoms with Crippen LogP contribution in [-0.2, 0) is 19.3 Å². The fourth-order valence-electron chi connectivity index (χ4n) is 3.40. The van der Waals surface area contributed by atoms with Gasteiger partial charge in [-0.15, -0.1) is 0 Å². The number of amides is 1. The average molecular weight is 497 g/mol. The number of carbonyl (C=O) groups excluding carboxylic acids is 1. The van der Waals surface area contributed by atoms with Gasteiger partial charge in [-0.1, -0.05) is 6.07 Å². The van der Waals surface area contributed by atoms with Crippen LogP contribution in [0.1, 0.15) is 32.7 Å². The van der Waals surface area contributed by atoms with Gasteiger partial charge in [-0.25, -0.2) is 9.67 Å². The van der Waals surface area contributed by atoms with Gasteiger partial charge >= 0.3 is 6.18 Å². The molecular weight excluding hydrogens is 475 g/mol. The van der Waals surface area contributed by atoms with Crippen molar-refractivity contribution < 1.29 is 27.4 Å². The van der Waals surface area contributed by atoms with E-state index in [-0.39, 0.29) is 23.8 Å². The van der Waals surface area contributed by atoms with E-state index < -0.39 is 11.7 Å². The molecule has 1 aromatic carbocycles. The highest BCUT2D eigenvalue weighted by Gasteiger charge is 2.30. The summed E-state index contributed by atoms with van der Waals surface area (Å²) in [5.74, 6) is 0.869. The van der Waals surface area contributed by atoms with Crippen molar-refractivity contribution in [2.45, 2.75) is 26.3 Å². The number of hydrogen-bond donors (Lipinski definition) is 1. The maximum atomic E-state index is 12.8. The summed E-state index contributed by atoms with van der Waals surface area (Å²) in [4.78, 5) is 20.6. The van der Waals surface area contributed by atoms with Gasteiger partial charge < -0.3 is 14.8 Å². The molecule has 36 heavy (non-hydrogen) atoms. The molecule has 3 heterocycles. The van der Waals surface area contributed by atoms with E-state index in [2.05, 4.69) is 20.4 Å². The molecule has 1 amide bonds. The number of benzene rings is 1. The summed E-state index contributed by atoms with van der Waals surface area (Å²) in [5.41, 5.74) is 1.60. The van der Waals surface area contributed by atoms with Crippen LogP contribution in [0.15, 0.2) is 67.3 Å². The first-order chi connectivity index (χ1) is 17.3. The second-order valence-corrected chi connectivity index (χ2v) is 7.77. The number of nitrogens with one attached hydrogen (secondary N) is 1. The molecule has 0 saturated heterocycles. The number of halogens is 3. The third-order valence-corrected chi connectivity index (χ3v) is 5.37. The van der Waals surface area contributed by atoms with Crippen LogP contribution in [0.5, 0.6) is 11.5 Å². The maximum absolute atomic E-state index is 12.8. The molecule has 4 aromatic rings. The Morgan fingerprint density at radius 2 is 1.81 bits per heavy atom. The van der Waals surface area contributed by atoms with E-state index in [0.717, 1.165) is 23.4 Å². The van der Waals surface area contributed by atoms with Crippen LogP contribution in [0.3, 0.4) is 0 Å². The number of carbonyl (C=O) groups is 1. The predicted molar refractivity (Wildman–Crippen MR) is 124 cm³/mol. The lowest BCUT2D eigenvalue weighted by atomic mass is 10.2. The molecule has 4 rings (SSSR count). The Balaban J connectivity index is 1.40. The van der Waals surface area contributed by atoms with E-state index in [1.54, 1.807) is 31.5 Å². The zero-order valence-electron chi connectivity index (χ0n) is 19.4. The van der Waals surface area contributed by atoms with Gasteiger partial charge in [-0.3, -0.25) is 9.78 Å². The summed E-state index contributed by atoms with van der Waals surface area (Å²) < 4.78 is 50.9. The van der Waals surface area contributed by atoms with Crippen molar-refractivity contribution in [3.63, 3.8) is 0 Å². The minimum absolute atomic E-state index is 0.173. The molecule has 8 nitrogen and oxygen atoms in total. The zero-order valence-corrected chi connectivity index (χ0v) is 19.4. The number of pyridine rings is 2. The van der Waals surface area contributed by atoms with Crippen molar-refractivity contribution in [2.24, 2.45) is 0 Å². The minimum Gasteiger partial charge on any atom is -0.493 e. The largest absolute Gasteiger partial charge is 0.493 e. The van der Waals surface area contributed by atoms with Crippen LogP contribution >= 0.6 is 0 Å². The summed E-state index contributed by atoms with van der Waals surface area (Å²) in [6.07, 6.45) is 0.970. The highest BCUT2D eigenvalue weighted by atomic mass is 19.4. The van der Waals surface area contributed by atoms with Crippen LogP contribution in [0.2, 0.25) is 0 Å². The van der Waals surface area contributed by atoms with Gasteiger partial charge in [0.25, 0.3) is 5.91 Å². The molecule has 0 aliphatic heterocycles. The predicted octanol–water partition coefficient (Wildman–Crippen LogP) is 4.51. The number of alkyl halides is 3. The Labute approximate surface area is 204 Å². The monoisotopic (exact) mass is 497 g/mol. The summed E-state index contributed by atoms with van der Waals surface area (Å²) in [6, 6.07) is 11.2. The number of methoxy groups -OCH3 is 1. The standard InChI is InChI=1S/C25H22F3N5O3/c1-16-20(14-32-33(16)23-6-4-19(13-30-23)25(26,27)28)24(34)31-12-18-3-5-21(22(11-18)35-2)36-15-17-7-9-29-10-8-17/h3-11,13-14H,12,15H2,1-2H3,(H,31,34). The molecule has 0 bridgehead atoms. The van der Waals surface area contributed by atoms with Crippen LogP contribution in [0.25, 0.3) is 5.82 Å². The molecule has 3 aromatic heterocycles. The van der Waals surface area contributed by atoms with E-state index >= 15 is 0 Å². The SMILES string of the molecule is COc1cc(CNC(=O)c2cnn(-c3ccc(C(F)(F)F)cn3)c2C)ccc1OCc1ccncc1. The lowest BCUT2D eigenvalue weighted by Crippen LogP contribution is -2.23. The molecule has 0 radical (unpaired) electrons. The quantitative estimate of drug-likeness (QED) is 0.385.